The minimum Gasteiger partial charge on any atom is -0.381 e. The Bertz CT molecular complexity index is 444. The zero-order chi connectivity index (χ0) is 13.1. The predicted molar refractivity (Wildman–Crippen MR) is 67.6 cm³/mol. The molecule has 1 aromatic heterocycles. The van der Waals surface area contributed by atoms with E-state index in [0.29, 0.717) is 17.3 Å². The van der Waals surface area contributed by atoms with Crippen LogP contribution in [0.2, 0.25) is 0 Å². The molecule has 2 rings (SSSR count). The van der Waals surface area contributed by atoms with Gasteiger partial charge in [0.25, 0.3) is 5.69 Å². The maximum Gasteiger partial charge on any atom is 0.277 e. The van der Waals surface area contributed by atoms with Crippen LogP contribution in [0.5, 0.6) is 0 Å². The van der Waals surface area contributed by atoms with Crippen LogP contribution >= 0.6 is 0 Å². The van der Waals surface area contributed by atoms with Crippen molar-refractivity contribution >= 4 is 11.5 Å². The monoisotopic (exact) mass is 251 g/mol. The van der Waals surface area contributed by atoms with Crippen molar-refractivity contribution in [2.45, 2.75) is 26.3 Å². The number of anilines is 1. The van der Waals surface area contributed by atoms with Crippen molar-refractivity contribution in [2.75, 3.05) is 18.5 Å². The Morgan fingerprint density at radius 1 is 1.67 bits per heavy atom. The summed E-state index contributed by atoms with van der Waals surface area (Å²) in [5.74, 6) is 0.985. The van der Waals surface area contributed by atoms with Crippen LogP contribution in [0, 0.1) is 23.0 Å². The van der Waals surface area contributed by atoms with Gasteiger partial charge in [-0.2, -0.15) is 0 Å². The van der Waals surface area contributed by atoms with Crippen LogP contribution in [0.4, 0.5) is 11.5 Å². The Labute approximate surface area is 106 Å². The molecule has 1 fully saturated rings. The van der Waals surface area contributed by atoms with Crippen LogP contribution in [-0.2, 0) is 4.74 Å². The molecule has 6 heteroatoms. The van der Waals surface area contributed by atoms with Gasteiger partial charge in [-0.05, 0) is 20.3 Å². The Hall–Kier alpha value is -1.69. The van der Waals surface area contributed by atoms with E-state index < -0.39 is 0 Å². The van der Waals surface area contributed by atoms with Crippen LogP contribution in [0.3, 0.4) is 0 Å². The lowest BCUT2D eigenvalue weighted by atomic mass is 10.0. The highest BCUT2D eigenvalue weighted by Crippen LogP contribution is 2.23. The summed E-state index contributed by atoms with van der Waals surface area (Å²) >= 11 is 0. The maximum absolute atomic E-state index is 10.8. The highest BCUT2D eigenvalue weighted by atomic mass is 16.6. The normalized spacial score (nSPS) is 20.7. The first-order valence-electron chi connectivity index (χ1n) is 6.03. The second-order valence-electron chi connectivity index (χ2n) is 4.67. The summed E-state index contributed by atoms with van der Waals surface area (Å²) in [6.45, 7) is 5.26. The largest absolute Gasteiger partial charge is 0.381 e. The third kappa shape index (κ3) is 2.76. The van der Waals surface area contributed by atoms with Gasteiger partial charge in [0.15, 0.2) is 0 Å². The zero-order valence-corrected chi connectivity index (χ0v) is 10.5. The minimum absolute atomic E-state index is 0.0994. The van der Waals surface area contributed by atoms with E-state index in [-0.39, 0.29) is 16.7 Å². The van der Waals surface area contributed by atoms with E-state index in [0.717, 1.165) is 19.6 Å². The van der Waals surface area contributed by atoms with Crippen molar-refractivity contribution < 1.29 is 9.66 Å². The Kier molecular flexibility index (Phi) is 3.76. The molecule has 6 nitrogen and oxygen atoms in total. The van der Waals surface area contributed by atoms with Crippen molar-refractivity contribution in [1.82, 2.24) is 4.98 Å². The van der Waals surface area contributed by atoms with E-state index in [1.54, 1.807) is 6.92 Å². The number of nitrogens with zero attached hydrogens (tertiary/aromatic N) is 2. The fraction of sp³-hybridized carbons (Fsp3) is 0.583. The molecular weight excluding hydrogens is 234 g/mol. The van der Waals surface area contributed by atoms with Gasteiger partial charge in [-0.1, -0.05) is 0 Å². The van der Waals surface area contributed by atoms with Crippen molar-refractivity contribution in [2.24, 2.45) is 5.92 Å². The highest BCUT2D eigenvalue weighted by Gasteiger charge is 2.23. The molecule has 1 aromatic rings. The number of rotatable bonds is 4. The van der Waals surface area contributed by atoms with Crippen molar-refractivity contribution in [3.63, 3.8) is 0 Å². The third-order valence-electron chi connectivity index (χ3n) is 3.32. The molecule has 18 heavy (non-hydrogen) atoms. The fourth-order valence-electron chi connectivity index (χ4n) is 2.09. The van der Waals surface area contributed by atoms with Crippen LogP contribution in [0.1, 0.15) is 18.9 Å². The quantitative estimate of drug-likeness (QED) is 0.655. The van der Waals surface area contributed by atoms with Gasteiger partial charge in [0.05, 0.1) is 17.6 Å². The topological polar surface area (TPSA) is 77.3 Å². The molecule has 1 N–H and O–H groups in total. The van der Waals surface area contributed by atoms with Gasteiger partial charge in [0.1, 0.15) is 5.82 Å². The van der Waals surface area contributed by atoms with E-state index in [9.17, 15) is 10.1 Å². The summed E-state index contributed by atoms with van der Waals surface area (Å²) in [5, 5.41) is 14.1. The number of aryl methyl sites for hydroxylation is 1. The van der Waals surface area contributed by atoms with Gasteiger partial charge < -0.3 is 10.1 Å². The smallest absolute Gasteiger partial charge is 0.277 e. The first-order chi connectivity index (χ1) is 8.58. The lowest BCUT2D eigenvalue weighted by Crippen LogP contribution is -2.26. The van der Waals surface area contributed by atoms with Gasteiger partial charge in [-0.25, -0.2) is 4.98 Å². The second kappa shape index (κ2) is 5.30. The number of hydrogen-bond donors (Lipinski definition) is 1. The van der Waals surface area contributed by atoms with Gasteiger partial charge in [-0.15, -0.1) is 0 Å². The van der Waals surface area contributed by atoms with E-state index in [2.05, 4.69) is 10.3 Å². The predicted octanol–water partition coefficient (Wildman–Crippen LogP) is 2.14. The van der Waals surface area contributed by atoms with Crippen LogP contribution in [-0.4, -0.2) is 29.2 Å². The van der Waals surface area contributed by atoms with Gasteiger partial charge in [0.2, 0.25) is 0 Å². The summed E-state index contributed by atoms with van der Waals surface area (Å²) in [4.78, 5) is 14.6. The van der Waals surface area contributed by atoms with E-state index in [4.69, 9.17) is 4.74 Å². The Morgan fingerprint density at radius 3 is 3.06 bits per heavy atom. The summed E-state index contributed by atoms with van der Waals surface area (Å²) in [5.41, 5.74) is 0.671. The summed E-state index contributed by atoms with van der Waals surface area (Å²) in [7, 11) is 0. The van der Waals surface area contributed by atoms with Crippen LogP contribution < -0.4 is 5.32 Å². The second-order valence-corrected chi connectivity index (χ2v) is 4.67. The van der Waals surface area contributed by atoms with Crippen molar-refractivity contribution in [1.29, 1.82) is 0 Å². The molecule has 2 unspecified atom stereocenters. The van der Waals surface area contributed by atoms with Gasteiger partial charge >= 0.3 is 0 Å². The Balaban J connectivity index is 2.09. The molecular formula is C12H17N3O3. The van der Waals surface area contributed by atoms with Crippen LogP contribution in [0.25, 0.3) is 0 Å². The molecule has 2 heterocycles. The Morgan fingerprint density at radius 2 is 2.44 bits per heavy atom. The number of pyridine rings is 1. The molecule has 1 aliphatic rings. The fourth-order valence-corrected chi connectivity index (χ4v) is 2.09. The molecule has 0 spiro atoms. The lowest BCUT2D eigenvalue weighted by Gasteiger charge is -2.19. The zero-order valence-electron chi connectivity index (χ0n) is 10.5. The summed E-state index contributed by atoms with van der Waals surface area (Å²) in [6.07, 6.45) is 2.54. The van der Waals surface area contributed by atoms with Gasteiger partial charge in [0, 0.05) is 30.3 Å². The maximum atomic E-state index is 10.8. The molecule has 98 valence electrons. The van der Waals surface area contributed by atoms with E-state index >= 15 is 0 Å². The standard InChI is InChI=1S/C12H17N3O3/c1-8-6-13-12(5-11(8)15(16)17)14-9(2)10-3-4-18-7-10/h5-6,9-10H,3-4,7H2,1-2H3,(H,13,14). The first kappa shape index (κ1) is 12.8. The minimum atomic E-state index is -0.383. The number of nitro groups is 1. The molecule has 0 radical (unpaired) electrons. The molecule has 0 aliphatic carbocycles. The molecule has 0 bridgehead atoms. The number of ether oxygens (including phenoxy) is 1. The first-order valence-corrected chi connectivity index (χ1v) is 6.03. The number of nitrogens with one attached hydrogen (secondary N) is 1. The van der Waals surface area contributed by atoms with Crippen molar-refractivity contribution in [3.8, 4) is 0 Å². The SMILES string of the molecule is Cc1cnc(NC(C)C2CCOC2)cc1[N+](=O)[O-]. The van der Waals surface area contributed by atoms with E-state index in [1.165, 1.54) is 12.3 Å². The molecule has 0 saturated carbocycles. The highest BCUT2D eigenvalue weighted by molar-refractivity contribution is 5.49. The lowest BCUT2D eigenvalue weighted by molar-refractivity contribution is -0.385. The average Bonchev–Trinajstić information content (AvgIpc) is 2.85. The van der Waals surface area contributed by atoms with Crippen molar-refractivity contribution in [3.05, 3.63) is 27.9 Å². The summed E-state index contributed by atoms with van der Waals surface area (Å²) in [6, 6.07) is 1.68. The van der Waals surface area contributed by atoms with E-state index in [1.807, 2.05) is 6.92 Å². The molecule has 1 aliphatic heterocycles. The number of aromatic nitrogens is 1. The average molecular weight is 251 g/mol. The third-order valence-corrected chi connectivity index (χ3v) is 3.32. The molecule has 1 saturated heterocycles. The summed E-state index contributed by atoms with van der Waals surface area (Å²) < 4.78 is 5.33. The van der Waals surface area contributed by atoms with Gasteiger partial charge in [-0.3, -0.25) is 10.1 Å². The molecule has 0 aromatic carbocycles. The van der Waals surface area contributed by atoms with Crippen LogP contribution in [0.15, 0.2) is 12.3 Å². The number of hydrogen-bond acceptors (Lipinski definition) is 5. The molecule has 0 amide bonds. The molecule has 2 atom stereocenters.